The monoisotopic (exact) mass is 374 g/mol. The molecule has 1 aliphatic heterocycles. The maximum absolute atomic E-state index is 12.0. The highest BCUT2D eigenvalue weighted by atomic mass is 35.5. The number of esters is 1. The predicted molar refractivity (Wildman–Crippen MR) is 91.5 cm³/mol. The summed E-state index contributed by atoms with van der Waals surface area (Å²) < 4.78 is 18.5. The highest BCUT2D eigenvalue weighted by Gasteiger charge is 2.27. The van der Waals surface area contributed by atoms with Gasteiger partial charge in [0.1, 0.15) is 24.7 Å². The van der Waals surface area contributed by atoms with Crippen molar-refractivity contribution in [2.75, 3.05) is 13.2 Å². The van der Waals surface area contributed by atoms with Crippen molar-refractivity contribution >= 4 is 28.7 Å². The van der Waals surface area contributed by atoms with Crippen molar-refractivity contribution in [2.45, 2.75) is 18.9 Å². The van der Waals surface area contributed by atoms with E-state index in [0.29, 0.717) is 29.8 Å². The van der Waals surface area contributed by atoms with Crippen LogP contribution in [0.15, 0.2) is 43.0 Å². The van der Waals surface area contributed by atoms with Crippen LogP contribution in [0.5, 0.6) is 0 Å². The zero-order chi connectivity index (χ0) is 17.9. The van der Waals surface area contributed by atoms with Crippen molar-refractivity contribution in [3.8, 4) is 0 Å². The van der Waals surface area contributed by atoms with Crippen LogP contribution in [-0.4, -0.2) is 45.0 Å². The van der Waals surface area contributed by atoms with Crippen molar-refractivity contribution in [3.05, 3.63) is 53.7 Å². The average molecular weight is 375 g/mol. The third-order valence-electron chi connectivity index (χ3n) is 3.96. The number of halogens is 1. The molecule has 1 fully saturated rings. The Balaban J connectivity index is 1.42. The van der Waals surface area contributed by atoms with Gasteiger partial charge in [-0.25, -0.2) is 19.7 Å². The Morgan fingerprint density at radius 1 is 1.27 bits per heavy atom. The zero-order valence-corrected chi connectivity index (χ0v) is 14.4. The van der Waals surface area contributed by atoms with Crippen molar-refractivity contribution in [1.82, 2.24) is 19.5 Å². The molecule has 0 radical (unpaired) electrons. The molecule has 2 aromatic heterocycles. The second-order valence-corrected chi connectivity index (χ2v) is 5.99. The van der Waals surface area contributed by atoms with E-state index in [1.165, 1.54) is 6.33 Å². The molecule has 0 spiro atoms. The Morgan fingerprint density at radius 2 is 2.12 bits per heavy atom. The second kappa shape index (κ2) is 7.36. The molecule has 0 unspecified atom stereocenters. The van der Waals surface area contributed by atoms with Gasteiger partial charge < -0.3 is 14.2 Å². The van der Waals surface area contributed by atoms with E-state index in [-0.39, 0.29) is 18.0 Å². The fourth-order valence-corrected chi connectivity index (χ4v) is 2.89. The maximum Gasteiger partial charge on any atom is 0.338 e. The smallest absolute Gasteiger partial charge is 0.338 e. The van der Waals surface area contributed by atoms with E-state index in [2.05, 4.69) is 15.0 Å². The third-order valence-corrected chi connectivity index (χ3v) is 4.24. The van der Waals surface area contributed by atoms with Crippen LogP contribution in [0.1, 0.15) is 23.0 Å². The first-order valence-corrected chi connectivity index (χ1v) is 8.42. The van der Waals surface area contributed by atoms with Crippen LogP contribution in [0, 0.1) is 0 Å². The van der Waals surface area contributed by atoms with Gasteiger partial charge in [-0.15, -0.1) is 0 Å². The van der Waals surface area contributed by atoms with E-state index in [9.17, 15) is 4.79 Å². The van der Waals surface area contributed by atoms with E-state index >= 15 is 0 Å². The summed E-state index contributed by atoms with van der Waals surface area (Å²) in [7, 11) is 0. The number of fused-ring (bicyclic) bond motifs is 1. The summed E-state index contributed by atoms with van der Waals surface area (Å²) in [5.74, 6) is -0.424. The van der Waals surface area contributed by atoms with Gasteiger partial charge in [0.25, 0.3) is 0 Å². The molecule has 0 aliphatic carbocycles. The predicted octanol–water partition coefficient (Wildman–Crippen LogP) is 2.60. The molecular weight excluding hydrogens is 360 g/mol. The maximum atomic E-state index is 12.0. The van der Waals surface area contributed by atoms with E-state index < -0.39 is 12.3 Å². The molecule has 1 aliphatic rings. The Labute approximate surface area is 153 Å². The van der Waals surface area contributed by atoms with Crippen LogP contribution in [0.25, 0.3) is 11.2 Å². The first-order chi connectivity index (χ1) is 12.7. The summed E-state index contributed by atoms with van der Waals surface area (Å²) in [6, 6.07) is 8.76. The minimum Gasteiger partial charge on any atom is -0.457 e. The average Bonchev–Trinajstić information content (AvgIpc) is 3.12. The summed E-state index contributed by atoms with van der Waals surface area (Å²) in [5, 5.41) is 0.286. The lowest BCUT2D eigenvalue weighted by atomic mass is 10.2. The highest BCUT2D eigenvalue weighted by Crippen LogP contribution is 2.27. The quantitative estimate of drug-likeness (QED) is 0.512. The number of nitrogens with zero attached hydrogens (tertiary/aromatic N) is 4. The summed E-state index contributed by atoms with van der Waals surface area (Å²) in [6.07, 6.45) is 2.57. The molecule has 0 saturated carbocycles. The summed E-state index contributed by atoms with van der Waals surface area (Å²) in [6.45, 7) is 0.448. The van der Waals surface area contributed by atoms with Crippen LogP contribution in [-0.2, 0) is 14.2 Å². The lowest BCUT2D eigenvalue weighted by Crippen LogP contribution is -2.34. The second-order valence-electron chi connectivity index (χ2n) is 5.63. The van der Waals surface area contributed by atoms with Crippen LogP contribution in [0.3, 0.4) is 0 Å². The van der Waals surface area contributed by atoms with Crippen molar-refractivity contribution in [1.29, 1.82) is 0 Å². The largest absolute Gasteiger partial charge is 0.457 e. The van der Waals surface area contributed by atoms with Crippen LogP contribution in [0.4, 0.5) is 0 Å². The van der Waals surface area contributed by atoms with Crippen LogP contribution >= 0.6 is 11.6 Å². The van der Waals surface area contributed by atoms with Gasteiger partial charge in [-0.1, -0.05) is 29.8 Å². The Bertz CT molecular complexity index is 918. The van der Waals surface area contributed by atoms with Gasteiger partial charge in [0, 0.05) is 6.42 Å². The SMILES string of the molecule is O=C(OC[C@@H]1OCC[C@H](n2cnc3c(Cl)ncnc32)O1)c1ccccc1. The van der Waals surface area contributed by atoms with Gasteiger partial charge in [0.15, 0.2) is 17.1 Å². The van der Waals surface area contributed by atoms with Crippen LogP contribution < -0.4 is 0 Å². The first kappa shape index (κ1) is 16.9. The number of hydrogen-bond acceptors (Lipinski definition) is 7. The summed E-state index contributed by atoms with van der Waals surface area (Å²) in [5.41, 5.74) is 1.57. The van der Waals surface area contributed by atoms with E-state index in [4.69, 9.17) is 25.8 Å². The molecule has 2 atom stereocenters. The topological polar surface area (TPSA) is 88.4 Å². The highest BCUT2D eigenvalue weighted by molar-refractivity contribution is 6.33. The minimum atomic E-state index is -0.670. The van der Waals surface area contributed by atoms with Gasteiger partial charge in [0.05, 0.1) is 18.5 Å². The fourth-order valence-electron chi connectivity index (χ4n) is 2.71. The van der Waals surface area contributed by atoms with Gasteiger partial charge in [-0.3, -0.25) is 4.57 Å². The third kappa shape index (κ3) is 3.39. The number of imidazole rings is 1. The molecule has 1 saturated heterocycles. The number of ether oxygens (including phenoxy) is 3. The lowest BCUT2D eigenvalue weighted by molar-refractivity contribution is -0.245. The summed E-state index contributed by atoms with van der Waals surface area (Å²) in [4.78, 5) is 24.4. The number of carbonyl (C=O) groups excluding carboxylic acids is 1. The van der Waals surface area contributed by atoms with Crippen molar-refractivity contribution in [3.63, 3.8) is 0 Å². The molecule has 0 bridgehead atoms. The fraction of sp³-hybridized carbons (Fsp3) is 0.294. The number of aromatic nitrogens is 4. The molecule has 3 heterocycles. The van der Waals surface area contributed by atoms with Gasteiger partial charge in [-0.05, 0) is 12.1 Å². The zero-order valence-electron chi connectivity index (χ0n) is 13.6. The molecule has 8 nitrogen and oxygen atoms in total. The number of hydrogen-bond donors (Lipinski definition) is 0. The Hall–Kier alpha value is -2.55. The van der Waals surface area contributed by atoms with E-state index in [1.807, 2.05) is 6.07 Å². The van der Waals surface area contributed by atoms with Crippen LogP contribution in [0.2, 0.25) is 5.15 Å². The lowest BCUT2D eigenvalue weighted by Gasteiger charge is -2.30. The van der Waals surface area contributed by atoms with E-state index in [1.54, 1.807) is 35.2 Å². The standard InChI is InChI=1S/C17H15ClN4O4/c18-15-14-16(20-9-19-15)22(10-21-14)12-6-7-24-13(26-12)8-25-17(23)11-4-2-1-3-5-11/h1-5,9-10,12-13H,6-8H2/t12-,13-/m1/s1. The molecule has 134 valence electrons. The normalized spacial score (nSPS) is 20.2. The number of benzene rings is 1. The molecule has 26 heavy (non-hydrogen) atoms. The van der Waals surface area contributed by atoms with E-state index in [0.717, 1.165) is 0 Å². The molecule has 0 N–H and O–H groups in total. The summed E-state index contributed by atoms with van der Waals surface area (Å²) >= 11 is 6.03. The Morgan fingerprint density at radius 3 is 2.96 bits per heavy atom. The Kier molecular flexibility index (Phi) is 4.79. The minimum absolute atomic E-state index is 0.00734. The molecule has 4 rings (SSSR count). The first-order valence-electron chi connectivity index (χ1n) is 8.04. The number of carbonyl (C=O) groups is 1. The molecular formula is C17H15ClN4O4. The molecule has 0 amide bonds. The van der Waals surface area contributed by atoms with Gasteiger partial charge in [-0.2, -0.15) is 0 Å². The van der Waals surface area contributed by atoms with Gasteiger partial charge >= 0.3 is 5.97 Å². The van der Waals surface area contributed by atoms with Crippen molar-refractivity contribution in [2.24, 2.45) is 0 Å². The molecule has 9 heteroatoms. The molecule has 3 aromatic rings. The van der Waals surface area contributed by atoms with Gasteiger partial charge in [0.2, 0.25) is 0 Å². The number of rotatable bonds is 4. The van der Waals surface area contributed by atoms with Crippen molar-refractivity contribution < 1.29 is 19.0 Å². The molecule has 1 aromatic carbocycles.